The van der Waals surface area contributed by atoms with E-state index >= 15 is 0 Å². The van der Waals surface area contributed by atoms with Crippen LogP contribution in [0, 0.1) is 0 Å². The first kappa shape index (κ1) is 15.1. The molecule has 0 saturated carbocycles. The zero-order valence-corrected chi connectivity index (χ0v) is 13.2. The Morgan fingerprint density at radius 1 is 1.27 bits per heavy atom. The number of hydrogen-bond donors (Lipinski definition) is 1. The molecule has 0 unspecified atom stereocenters. The van der Waals surface area contributed by atoms with Crippen LogP contribution in [-0.4, -0.2) is 10.1 Å². The quantitative estimate of drug-likeness (QED) is 0.743. The van der Waals surface area contributed by atoms with Gasteiger partial charge in [-0.15, -0.1) is 0 Å². The summed E-state index contributed by atoms with van der Waals surface area (Å²) in [6, 6.07) is 7.32. The minimum Gasteiger partial charge on any atom is -0.472 e. The molecule has 1 N–H and O–H groups in total. The van der Waals surface area contributed by atoms with E-state index in [1.165, 1.54) is 0 Å². The van der Waals surface area contributed by atoms with Gasteiger partial charge in [-0.25, -0.2) is 0 Å². The molecule has 0 aliphatic rings. The molecule has 0 radical (unpaired) electrons. The molecule has 0 bridgehead atoms. The molecule has 1 aromatic carbocycles. The first-order chi connectivity index (χ1) is 10.6. The Morgan fingerprint density at radius 2 is 2.14 bits per heavy atom. The largest absolute Gasteiger partial charge is 0.472 e. The molecule has 1 atom stereocenters. The van der Waals surface area contributed by atoms with E-state index in [-0.39, 0.29) is 6.04 Å². The topological polar surface area (TPSA) is 64.1 Å². The first-order valence-corrected chi connectivity index (χ1v) is 7.43. The number of benzene rings is 1. The smallest absolute Gasteiger partial charge is 0.261 e. The molecular weight excluding hydrogens is 325 g/mol. The number of hydrogen-bond acceptors (Lipinski definition) is 5. The van der Waals surface area contributed by atoms with Crippen molar-refractivity contribution >= 4 is 23.2 Å². The van der Waals surface area contributed by atoms with E-state index in [1.54, 1.807) is 24.7 Å². The Hall–Kier alpha value is -1.82. The summed E-state index contributed by atoms with van der Waals surface area (Å²) < 4.78 is 10.2. The Labute approximate surface area is 137 Å². The summed E-state index contributed by atoms with van der Waals surface area (Å²) in [5.74, 6) is 0.986. The van der Waals surface area contributed by atoms with E-state index < -0.39 is 0 Å². The van der Waals surface area contributed by atoms with E-state index in [9.17, 15) is 0 Å². The maximum absolute atomic E-state index is 6.21. The van der Waals surface area contributed by atoms with E-state index in [0.717, 1.165) is 11.1 Å². The van der Waals surface area contributed by atoms with Gasteiger partial charge in [-0.3, -0.25) is 0 Å². The van der Waals surface area contributed by atoms with Crippen LogP contribution in [0.25, 0.3) is 11.5 Å². The van der Waals surface area contributed by atoms with Crippen LogP contribution in [0.1, 0.15) is 24.4 Å². The molecule has 22 heavy (non-hydrogen) atoms. The van der Waals surface area contributed by atoms with Gasteiger partial charge in [-0.05, 0) is 24.6 Å². The predicted octanol–water partition coefficient (Wildman–Crippen LogP) is 4.49. The molecule has 5 nitrogen and oxygen atoms in total. The van der Waals surface area contributed by atoms with Crippen LogP contribution in [0.5, 0.6) is 0 Å². The Balaban J connectivity index is 1.66. The van der Waals surface area contributed by atoms with Crippen LogP contribution in [0.15, 0.2) is 45.7 Å². The van der Waals surface area contributed by atoms with Gasteiger partial charge in [0.1, 0.15) is 6.26 Å². The lowest BCUT2D eigenvalue weighted by molar-refractivity contribution is 0.416. The maximum Gasteiger partial charge on any atom is 0.261 e. The first-order valence-electron chi connectivity index (χ1n) is 6.67. The fourth-order valence-corrected chi connectivity index (χ4v) is 2.51. The molecule has 114 valence electrons. The highest BCUT2D eigenvalue weighted by molar-refractivity contribution is 6.42. The van der Waals surface area contributed by atoms with Crippen LogP contribution < -0.4 is 5.32 Å². The van der Waals surface area contributed by atoms with Gasteiger partial charge < -0.3 is 14.3 Å². The molecule has 2 heterocycles. The van der Waals surface area contributed by atoms with Gasteiger partial charge in [-0.1, -0.05) is 40.5 Å². The number of nitrogens with one attached hydrogen (secondary N) is 1. The molecule has 3 aromatic rings. The molecule has 0 aliphatic heterocycles. The van der Waals surface area contributed by atoms with Crippen molar-refractivity contribution < 1.29 is 8.94 Å². The standard InChI is InChI=1S/C15H13Cl2N3O2/c1-9(11-3-2-4-12(16)14(11)17)18-7-13-19-15(22-20-13)10-5-6-21-8-10/h2-6,8-9,18H,7H2,1H3/t9-/m0/s1. The van der Waals surface area contributed by atoms with Crippen molar-refractivity contribution in [1.29, 1.82) is 0 Å². The van der Waals surface area contributed by atoms with Crippen molar-refractivity contribution in [2.45, 2.75) is 19.5 Å². The molecule has 3 rings (SSSR count). The van der Waals surface area contributed by atoms with Gasteiger partial charge in [-0.2, -0.15) is 4.98 Å². The Kier molecular flexibility index (Phi) is 4.47. The third-order valence-electron chi connectivity index (χ3n) is 3.25. The normalized spacial score (nSPS) is 12.5. The average molecular weight is 338 g/mol. The zero-order chi connectivity index (χ0) is 15.5. The molecule has 0 fully saturated rings. The molecule has 0 amide bonds. The monoisotopic (exact) mass is 337 g/mol. The average Bonchev–Trinajstić information content (AvgIpc) is 3.18. The third kappa shape index (κ3) is 3.16. The minimum atomic E-state index is 0.00192. The summed E-state index contributed by atoms with van der Waals surface area (Å²) in [7, 11) is 0. The van der Waals surface area contributed by atoms with Gasteiger partial charge in [0.2, 0.25) is 0 Å². The summed E-state index contributed by atoms with van der Waals surface area (Å²) >= 11 is 12.2. The van der Waals surface area contributed by atoms with Crippen molar-refractivity contribution in [3.05, 3.63) is 58.2 Å². The predicted molar refractivity (Wildman–Crippen MR) is 83.7 cm³/mol. The van der Waals surface area contributed by atoms with Crippen molar-refractivity contribution in [1.82, 2.24) is 15.5 Å². The second-order valence-corrected chi connectivity index (χ2v) is 5.56. The summed E-state index contributed by atoms with van der Waals surface area (Å²) in [5, 5.41) is 8.31. The van der Waals surface area contributed by atoms with E-state index in [4.69, 9.17) is 32.1 Å². The Morgan fingerprint density at radius 3 is 2.91 bits per heavy atom. The van der Waals surface area contributed by atoms with E-state index in [1.807, 2.05) is 19.1 Å². The van der Waals surface area contributed by atoms with E-state index in [2.05, 4.69) is 15.5 Å². The number of furan rings is 1. The van der Waals surface area contributed by atoms with E-state index in [0.29, 0.717) is 28.3 Å². The van der Waals surface area contributed by atoms with Crippen LogP contribution in [0.4, 0.5) is 0 Å². The number of nitrogens with zero attached hydrogens (tertiary/aromatic N) is 2. The Bertz CT molecular complexity index is 756. The summed E-state index contributed by atoms with van der Waals surface area (Å²) in [5.41, 5.74) is 1.68. The van der Waals surface area contributed by atoms with Crippen molar-refractivity contribution in [2.75, 3.05) is 0 Å². The number of aromatic nitrogens is 2. The number of rotatable bonds is 5. The lowest BCUT2D eigenvalue weighted by atomic mass is 10.1. The molecule has 2 aromatic heterocycles. The zero-order valence-electron chi connectivity index (χ0n) is 11.7. The lowest BCUT2D eigenvalue weighted by Crippen LogP contribution is -2.19. The number of halogens is 2. The van der Waals surface area contributed by atoms with Gasteiger partial charge in [0.05, 0.1) is 28.4 Å². The molecule has 0 aliphatic carbocycles. The van der Waals surface area contributed by atoms with Gasteiger partial charge in [0.15, 0.2) is 5.82 Å². The highest BCUT2D eigenvalue weighted by Gasteiger charge is 2.14. The summed E-state index contributed by atoms with van der Waals surface area (Å²) in [6.07, 6.45) is 3.11. The fourth-order valence-electron chi connectivity index (χ4n) is 2.04. The SMILES string of the molecule is C[C@H](NCc1noc(-c2ccoc2)n1)c1cccc(Cl)c1Cl. The minimum absolute atomic E-state index is 0.00192. The third-order valence-corrected chi connectivity index (χ3v) is 4.08. The van der Waals surface area contributed by atoms with Crippen LogP contribution in [0.3, 0.4) is 0 Å². The highest BCUT2D eigenvalue weighted by Crippen LogP contribution is 2.29. The highest BCUT2D eigenvalue weighted by atomic mass is 35.5. The van der Waals surface area contributed by atoms with Gasteiger partial charge in [0.25, 0.3) is 5.89 Å². The molecule has 0 saturated heterocycles. The van der Waals surface area contributed by atoms with Crippen molar-refractivity contribution in [3.8, 4) is 11.5 Å². The van der Waals surface area contributed by atoms with Crippen LogP contribution in [0.2, 0.25) is 10.0 Å². The second kappa shape index (κ2) is 6.52. The maximum atomic E-state index is 6.21. The summed E-state index contributed by atoms with van der Waals surface area (Å²) in [4.78, 5) is 4.30. The van der Waals surface area contributed by atoms with Crippen molar-refractivity contribution in [2.24, 2.45) is 0 Å². The van der Waals surface area contributed by atoms with Gasteiger partial charge in [0, 0.05) is 6.04 Å². The fraction of sp³-hybridized carbons (Fsp3) is 0.200. The molecule has 0 spiro atoms. The molecular formula is C15H13Cl2N3O2. The summed E-state index contributed by atoms with van der Waals surface area (Å²) in [6.45, 7) is 2.44. The van der Waals surface area contributed by atoms with Crippen LogP contribution in [-0.2, 0) is 6.54 Å². The van der Waals surface area contributed by atoms with Gasteiger partial charge >= 0.3 is 0 Å². The molecule has 7 heteroatoms. The van der Waals surface area contributed by atoms with Crippen molar-refractivity contribution in [3.63, 3.8) is 0 Å². The lowest BCUT2D eigenvalue weighted by Gasteiger charge is -2.15. The van der Waals surface area contributed by atoms with Crippen LogP contribution >= 0.6 is 23.2 Å². The second-order valence-electron chi connectivity index (χ2n) is 4.77.